The van der Waals surface area contributed by atoms with Crippen LogP contribution in [-0.2, 0) is 19.1 Å². The molecule has 2 aliphatic rings. The number of amides is 2. The third-order valence-electron chi connectivity index (χ3n) is 4.76. The highest BCUT2D eigenvalue weighted by molar-refractivity contribution is 6.00. The number of para-hydroxylation sites is 2. The van der Waals surface area contributed by atoms with Gasteiger partial charge in [-0.15, -0.1) is 0 Å². The molecule has 0 bridgehead atoms. The number of carbonyl (C=O) groups is 2. The molecule has 2 amide bonds. The Hall–Kier alpha value is -2.12. The van der Waals surface area contributed by atoms with Crippen molar-refractivity contribution in [2.24, 2.45) is 0 Å². The fourth-order valence-electron chi connectivity index (χ4n) is 3.36. The number of ether oxygens (including phenoxy) is 2. The SMILES string of the molecule is CC(=O)N(CC(=O)NCC1CCCO1)c1ccccc1N1CCOCC1. The molecule has 0 saturated carbocycles. The van der Waals surface area contributed by atoms with Gasteiger partial charge in [0.25, 0.3) is 0 Å². The van der Waals surface area contributed by atoms with Gasteiger partial charge in [-0.05, 0) is 25.0 Å². The summed E-state index contributed by atoms with van der Waals surface area (Å²) in [6.07, 6.45) is 2.09. The molecule has 7 nitrogen and oxygen atoms in total. The van der Waals surface area contributed by atoms with E-state index in [1.165, 1.54) is 11.8 Å². The highest BCUT2D eigenvalue weighted by Gasteiger charge is 2.23. The molecule has 0 aromatic heterocycles. The van der Waals surface area contributed by atoms with Crippen LogP contribution >= 0.6 is 0 Å². The van der Waals surface area contributed by atoms with Gasteiger partial charge in [-0.25, -0.2) is 0 Å². The molecular formula is C19H27N3O4. The van der Waals surface area contributed by atoms with Gasteiger partial charge in [0.05, 0.1) is 30.7 Å². The van der Waals surface area contributed by atoms with Gasteiger partial charge in [-0.2, -0.15) is 0 Å². The minimum absolute atomic E-state index is 0.00338. The van der Waals surface area contributed by atoms with Crippen molar-refractivity contribution in [2.75, 3.05) is 55.8 Å². The van der Waals surface area contributed by atoms with Gasteiger partial charge >= 0.3 is 0 Å². The van der Waals surface area contributed by atoms with Crippen LogP contribution in [0.2, 0.25) is 0 Å². The second-order valence-corrected chi connectivity index (χ2v) is 6.63. The largest absolute Gasteiger partial charge is 0.378 e. The Morgan fingerprint density at radius 2 is 2.00 bits per heavy atom. The maximum absolute atomic E-state index is 12.4. The van der Waals surface area contributed by atoms with E-state index >= 15 is 0 Å². The highest BCUT2D eigenvalue weighted by Crippen LogP contribution is 2.30. The smallest absolute Gasteiger partial charge is 0.240 e. The number of morpholine rings is 1. The third kappa shape index (κ3) is 4.74. The van der Waals surface area contributed by atoms with E-state index in [1.807, 2.05) is 24.3 Å². The lowest BCUT2D eigenvalue weighted by Gasteiger charge is -2.33. The number of nitrogens with zero attached hydrogens (tertiary/aromatic N) is 2. The van der Waals surface area contributed by atoms with Crippen molar-refractivity contribution in [1.82, 2.24) is 5.32 Å². The molecule has 7 heteroatoms. The van der Waals surface area contributed by atoms with Gasteiger partial charge in [0.15, 0.2) is 0 Å². The minimum atomic E-state index is -0.174. The molecular weight excluding hydrogens is 334 g/mol. The number of carbonyl (C=O) groups excluding carboxylic acids is 2. The Morgan fingerprint density at radius 3 is 2.69 bits per heavy atom. The van der Waals surface area contributed by atoms with Gasteiger partial charge < -0.3 is 24.6 Å². The number of rotatable bonds is 6. The molecule has 1 unspecified atom stereocenters. The molecule has 1 atom stereocenters. The standard InChI is InChI=1S/C19H27N3O4/c1-15(23)22(14-19(24)20-13-16-5-4-10-26-16)18-7-3-2-6-17(18)21-8-11-25-12-9-21/h2-3,6-7,16H,4-5,8-14H2,1H3,(H,20,24). The number of benzene rings is 1. The van der Waals surface area contributed by atoms with Gasteiger partial charge in [-0.3, -0.25) is 9.59 Å². The first kappa shape index (κ1) is 18.7. The van der Waals surface area contributed by atoms with E-state index in [4.69, 9.17) is 9.47 Å². The van der Waals surface area contributed by atoms with Crippen LogP contribution in [-0.4, -0.2) is 63.9 Å². The van der Waals surface area contributed by atoms with Crippen LogP contribution in [0.4, 0.5) is 11.4 Å². The predicted octanol–water partition coefficient (Wildman–Crippen LogP) is 1.17. The maximum atomic E-state index is 12.4. The van der Waals surface area contributed by atoms with Gasteiger partial charge in [-0.1, -0.05) is 12.1 Å². The first-order valence-corrected chi connectivity index (χ1v) is 9.23. The molecule has 142 valence electrons. The fraction of sp³-hybridized carbons (Fsp3) is 0.579. The van der Waals surface area contributed by atoms with Gasteiger partial charge in [0, 0.05) is 33.2 Å². The quantitative estimate of drug-likeness (QED) is 0.824. The summed E-state index contributed by atoms with van der Waals surface area (Å²) in [6, 6.07) is 7.71. The van der Waals surface area contributed by atoms with E-state index < -0.39 is 0 Å². The van der Waals surface area contributed by atoms with Crippen molar-refractivity contribution in [3.63, 3.8) is 0 Å². The van der Waals surface area contributed by atoms with Crippen LogP contribution in [0.25, 0.3) is 0 Å². The van der Waals surface area contributed by atoms with E-state index in [1.54, 1.807) is 0 Å². The van der Waals surface area contributed by atoms with Crippen LogP contribution in [0.1, 0.15) is 19.8 Å². The molecule has 3 rings (SSSR count). The van der Waals surface area contributed by atoms with Crippen LogP contribution < -0.4 is 15.1 Å². The number of anilines is 2. The molecule has 1 aromatic rings. The molecule has 2 fully saturated rings. The Morgan fingerprint density at radius 1 is 1.23 bits per heavy atom. The molecule has 2 saturated heterocycles. The number of hydrogen-bond acceptors (Lipinski definition) is 5. The number of hydrogen-bond donors (Lipinski definition) is 1. The third-order valence-corrected chi connectivity index (χ3v) is 4.76. The first-order valence-electron chi connectivity index (χ1n) is 9.23. The maximum Gasteiger partial charge on any atom is 0.240 e. The summed E-state index contributed by atoms with van der Waals surface area (Å²) in [5, 5.41) is 2.89. The topological polar surface area (TPSA) is 71.1 Å². The van der Waals surface area contributed by atoms with Crippen LogP contribution in [0, 0.1) is 0 Å². The lowest BCUT2D eigenvalue weighted by atomic mass is 10.2. The Balaban J connectivity index is 1.69. The molecule has 2 heterocycles. The van der Waals surface area contributed by atoms with Crippen molar-refractivity contribution in [3.05, 3.63) is 24.3 Å². The highest BCUT2D eigenvalue weighted by atomic mass is 16.5. The molecule has 26 heavy (non-hydrogen) atoms. The van der Waals surface area contributed by atoms with Crippen molar-refractivity contribution >= 4 is 23.2 Å². The molecule has 0 radical (unpaired) electrons. The summed E-state index contributed by atoms with van der Waals surface area (Å²) in [5.74, 6) is -0.328. The summed E-state index contributed by atoms with van der Waals surface area (Å²) < 4.78 is 10.9. The Bertz CT molecular complexity index is 625. The molecule has 0 aliphatic carbocycles. The predicted molar refractivity (Wildman–Crippen MR) is 99.5 cm³/mol. The molecule has 0 spiro atoms. The van der Waals surface area contributed by atoms with Crippen molar-refractivity contribution in [3.8, 4) is 0 Å². The van der Waals surface area contributed by atoms with Crippen LogP contribution in [0.5, 0.6) is 0 Å². The Kier molecular flexibility index (Phi) is 6.46. The summed E-state index contributed by atoms with van der Waals surface area (Å²) in [6.45, 7) is 5.62. The summed E-state index contributed by atoms with van der Waals surface area (Å²) in [7, 11) is 0. The average molecular weight is 361 g/mol. The average Bonchev–Trinajstić information content (AvgIpc) is 3.19. The summed E-state index contributed by atoms with van der Waals surface area (Å²) >= 11 is 0. The summed E-state index contributed by atoms with van der Waals surface area (Å²) in [4.78, 5) is 28.4. The fourth-order valence-corrected chi connectivity index (χ4v) is 3.36. The summed E-state index contributed by atoms with van der Waals surface area (Å²) in [5.41, 5.74) is 1.71. The van der Waals surface area contributed by atoms with Gasteiger partial charge in [0.1, 0.15) is 6.54 Å². The van der Waals surface area contributed by atoms with Gasteiger partial charge in [0.2, 0.25) is 11.8 Å². The van der Waals surface area contributed by atoms with E-state index in [9.17, 15) is 9.59 Å². The zero-order valence-electron chi connectivity index (χ0n) is 15.3. The second kappa shape index (κ2) is 9.00. The van der Waals surface area contributed by atoms with Crippen LogP contribution in [0.15, 0.2) is 24.3 Å². The lowest BCUT2D eigenvalue weighted by molar-refractivity contribution is -0.123. The van der Waals surface area contributed by atoms with E-state index in [0.29, 0.717) is 19.8 Å². The number of nitrogens with one attached hydrogen (secondary N) is 1. The van der Waals surface area contributed by atoms with Crippen molar-refractivity contribution in [2.45, 2.75) is 25.9 Å². The first-order chi connectivity index (χ1) is 12.6. The zero-order valence-corrected chi connectivity index (χ0v) is 15.3. The lowest BCUT2D eigenvalue weighted by Crippen LogP contribution is -2.43. The molecule has 2 aliphatic heterocycles. The zero-order chi connectivity index (χ0) is 18.4. The van der Waals surface area contributed by atoms with Crippen molar-refractivity contribution < 1.29 is 19.1 Å². The van der Waals surface area contributed by atoms with Crippen molar-refractivity contribution in [1.29, 1.82) is 0 Å². The van der Waals surface area contributed by atoms with Crippen LogP contribution in [0.3, 0.4) is 0 Å². The van der Waals surface area contributed by atoms with E-state index in [0.717, 1.165) is 43.9 Å². The monoisotopic (exact) mass is 361 g/mol. The normalized spacial score (nSPS) is 20.0. The van der Waals surface area contributed by atoms with E-state index in [-0.39, 0.29) is 24.5 Å². The minimum Gasteiger partial charge on any atom is -0.378 e. The molecule has 1 N–H and O–H groups in total. The Labute approximate surface area is 154 Å². The van der Waals surface area contributed by atoms with E-state index in [2.05, 4.69) is 10.2 Å². The second-order valence-electron chi connectivity index (χ2n) is 6.63. The molecule has 1 aromatic carbocycles.